The highest BCUT2D eigenvalue weighted by molar-refractivity contribution is 8.00. The van der Waals surface area contributed by atoms with Crippen molar-refractivity contribution in [1.29, 1.82) is 5.26 Å². The lowest BCUT2D eigenvalue weighted by Crippen LogP contribution is -2.36. The molecule has 0 spiro atoms. The molecule has 2 aromatic carbocycles. The Morgan fingerprint density at radius 2 is 1.82 bits per heavy atom. The van der Waals surface area contributed by atoms with Gasteiger partial charge in [0.25, 0.3) is 0 Å². The van der Waals surface area contributed by atoms with E-state index in [-0.39, 0.29) is 5.50 Å². The van der Waals surface area contributed by atoms with Crippen LogP contribution in [-0.2, 0) is 0 Å². The van der Waals surface area contributed by atoms with Crippen molar-refractivity contribution >= 4 is 23.1 Å². The topological polar surface area (TPSA) is 33.5 Å². The Morgan fingerprint density at radius 3 is 2.54 bits per heavy atom. The fourth-order valence-electron chi connectivity index (χ4n) is 3.92. The lowest BCUT2D eigenvalue weighted by molar-refractivity contribution is 0.278. The van der Waals surface area contributed by atoms with Crippen LogP contribution in [0.5, 0.6) is 0 Å². The maximum Gasteiger partial charge on any atom is 0.159 e. The smallest absolute Gasteiger partial charge is 0.159 e. The number of nitriles is 1. The number of benzene rings is 2. The van der Waals surface area contributed by atoms with E-state index in [1.165, 1.54) is 21.8 Å². The van der Waals surface area contributed by atoms with Crippen molar-refractivity contribution in [3.63, 3.8) is 0 Å². The van der Waals surface area contributed by atoms with Gasteiger partial charge in [-0.2, -0.15) is 5.26 Å². The second kappa shape index (κ2) is 8.30. The van der Waals surface area contributed by atoms with Gasteiger partial charge in [-0.25, -0.2) is 0 Å². The van der Waals surface area contributed by atoms with E-state index in [1.807, 2.05) is 23.9 Å². The monoisotopic (exact) mass is 390 g/mol. The van der Waals surface area contributed by atoms with Gasteiger partial charge in [-0.05, 0) is 55.9 Å². The Bertz CT molecular complexity index is 896. The number of para-hydroxylation sites is 1. The minimum absolute atomic E-state index is 0.278. The molecule has 4 rings (SSSR count). The zero-order chi connectivity index (χ0) is 19.5. The highest BCUT2D eigenvalue weighted by atomic mass is 32.2. The van der Waals surface area contributed by atoms with E-state index in [1.54, 1.807) is 0 Å². The zero-order valence-electron chi connectivity index (χ0n) is 16.5. The number of rotatable bonds is 7. The lowest BCUT2D eigenvalue weighted by Gasteiger charge is -2.30. The minimum Gasteiger partial charge on any atom is -0.340 e. The van der Waals surface area contributed by atoms with Crippen LogP contribution in [-0.4, -0.2) is 41.5 Å². The van der Waals surface area contributed by atoms with Crippen molar-refractivity contribution in [2.24, 2.45) is 0 Å². The summed E-state index contributed by atoms with van der Waals surface area (Å²) in [6, 6.07) is 18.8. The standard InChI is InChI=1S/C23H26N4S/c1-3-25(4-2)14-7-15-26-21(19-12-10-18(16-24)11-13-19)17-27-20-8-5-6-9-22(20)28-23(26)27/h5-6,8-13,17,23H,3-4,7,14-15H2,1-2H3. The van der Waals surface area contributed by atoms with Crippen molar-refractivity contribution in [3.8, 4) is 6.07 Å². The highest BCUT2D eigenvalue weighted by Crippen LogP contribution is 2.50. The molecule has 0 aromatic heterocycles. The molecule has 1 unspecified atom stereocenters. The summed E-state index contributed by atoms with van der Waals surface area (Å²) in [5, 5.41) is 9.11. The molecule has 0 N–H and O–H groups in total. The molecule has 1 atom stereocenters. The first-order chi connectivity index (χ1) is 13.7. The van der Waals surface area contributed by atoms with Crippen LogP contribution in [0, 0.1) is 11.3 Å². The van der Waals surface area contributed by atoms with Gasteiger partial charge in [0.1, 0.15) is 0 Å². The summed E-state index contributed by atoms with van der Waals surface area (Å²) in [6.45, 7) is 8.80. The summed E-state index contributed by atoms with van der Waals surface area (Å²) in [7, 11) is 0. The van der Waals surface area contributed by atoms with Crippen molar-refractivity contribution in [2.45, 2.75) is 30.7 Å². The van der Waals surface area contributed by atoms with E-state index >= 15 is 0 Å². The summed E-state index contributed by atoms with van der Waals surface area (Å²) in [6.07, 6.45) is 3.42. The Morgan fingerprint density at radius 1 is 1.07 bits per heavy atom. The molecule has 0 fully saturated rings. The maximum absolute atomic E-state index is 9.11. The van der Waals surface area contributed by atoms with Gasteiger partial charge in [-0.3, -0.25) is 0 Å². The largest absolute Gasteiger partial charge is 0.340 e. The number of anilines is 1. The molecule has 2 heterocycles. The number of fused-ring (bicyclic) bond motifs is 3. The second-order valence-electron chi connectivity index (χ2n) is 7.10. The molecule has 2 aromatic rings. The number of nitrogens with zero attached hydrogens (tertiary/aromatic N) is 4. The van der Waals surface area contributed by atoms with Crippen LogP contribution in [0.2, 0.25) is 0 Å². The van der Waals surface area contributed by atoms with Gasteiger partial charge in [0.15, 0.2) is 5.50 Å². The maximum atomic E-state index is 9.11. The molecule has 5 heteroatoms. The van der Waals surface area contributed by atoms with Crippen molar-refractivity contribution in [1.82, 2.24) is 9.80 Å². The molecule has 144 valence electrons. The lowest BCUT2D eigenvalue weighted by atomic mass is 10.1. The van der Waals surface area contributed by atoms with Crippen LogP contribution in [0.25, 0.3) is 5.70 Å². The molecular formula is C23H26N4S. The van der Waals surface area contributed by atoms with E-state index in [0.29, 0.717) is 5.56 Å². The summed E-state index contributed by atoms with van der Waals surface area (Å²) in [5.41, 5.74) is 4.69. The van der Waals surface area contributed by atoms with Gasteiger partial charge in [0.05, 0.1) is 23.0 Å². The minimum atomic E-state index is 0.278. The summed E-state index contributed by atoms with van der Waals surface area (Å²) in [5.74, 6) is 0. The summed E-state index contributed by atoms with van der Waals surface area (Å²) >= 11 is 1.93. The van der Waals surface area contributed by atoms with Crippen LogP contribution in [0.1, 0.15) is 31.4 Å². The summed E-state index contributed by atoms with van der Waals surface area (Å²) in [4.78, 5) is 8.74. The van der Waals surface area contributed by atoms with E-state index in [2.05, 4.69) is 77.2 Å². The van der Waals surface area contributed by atoms with E-state index in [0.717, 1.165) is 32.6 Å². The molecule has 28 heavy (non-hydrogen) atoms. The second-order valence-corrected chi connectivity index (χ2v) is 8.19. The quantitative estimate of drug-likeness (QED) is 0.678. The van der Waals surface area contributed by atoms with Crippen molar-refractivity contribution in [3.05, 3.63) is 65.9 Å². The SMILES string of the molecule is CCN(CC)CCCN1C(c2ccc(C#N)cc2)=CN2c3ccccc3SC12. The fraction of sp³-hybridized carbons (Fsp3) is 0.348. The van der Waals surface area contributed by atoms with E-state index in [9.17, 15) is 0 Å². The first kappa shape index (κ1) is 18.9. The summed E-state index contributed by atoms with van der Waals surface area (Å²) < 4.78 is 0. The van der Waals surface area contributed by atoms with Gasteiger partial charge in [0.2, 0.25) is 0 Å². The molecule has 0 radical (unpaired) electrons. The molecule has 0 saturated carbocycles. The third kappa shape index (κ3) is 3.50. The van der Waals surface area contributed by atoms with Crippen LogP contribution < -0.4 is 4.90 Å². The average Bonchev–Trinajstić information content (AvgIpc) is 3.28. The molecule has 0 amide bonds. The third-order valence-electron chi connectivity index (χ3n) is 5.53. The van der Waals surface area contributed by atoms with Gasteiger partial charge in [-0.15, -0.1) is 0 Å². The van der Waals surface area contributed by atoms with E-state index < -0.39 is 0 Å². The first-order valence-electron chi connectivity index (χ1n) is 10.0. The first-order valence-corrected chi connectivity index (χ1v) is 10.9. The number of thioether (sulfide) groups is 1. The van der Waals surface area contributed by atoms with Gasteiger partial charge >= 0.3 is 0 Å². The van der Waals surface area contributed by atoms with Crippen LogP contribution in [0.15, 0.2) is 59.6 Å². The Kier molecular flexibility index (Phi) is 5.61. The Balaban J connectivity index is 1.60. The molecular weight excluding hydrogens is 364 g/mol. The molecule has 4 nitrogen and oxygen atoms in total. The Hall–Kier alpha value is -2.42. The molecule has 2 aliphatic rings. The predicted octanol–water partition coefficient (Wildman–Crippen LogP) is 4.80. The van der Waals surface area contributed by atoms with Crippen molar-refractivity contribution in [2.75, 3.05) is 31.1 Å². The van der Waals surface area contributed by atoms with Crippen LogP contribution in [0.3, 0.4) is 0 Å². The third-order valence-corrected chi connectivity index (χ3v) is 6.82. The van der Waals surface area contributed by atoms with Gasteiger partial charge in [-0.1, -0.05) is 49.9 Å². The molecule has 0 saturated heterocycles. The van der Waals surface area contributed by atoms with Crippen LogP contribution in [0.4, 0.5) is 5.69 Å². The molecule has 0 bridgehead atoms. The zero-order valence-corrected chi connectivity index (χ0v) is 17.3. The molecule has 0 aliphatic carbocycles. The fourth-order valence-corrected chi connectivity index (χ4v) is 5.24. The van der Waals surface area contributed by atoms with Gasteiger partial charge in [0, 0.05) is 17.6 Å². The highest BCUT2D eigenvalue weighted by Gasteiger charge is 2.39. The molecule has 2 aliphatic heterocycles. The normalized spacial score (nSPS) is 17.5. The average molecular weight is 391 g/mol. The van der Waals surface area contributed by atoms with Crippen molar-refractivity contribution < 1.29 is 0 Å². The Labute approximate surface area is 172 Å². The number of hydrogen-bond donors (Lipinski definition) is 0. The van der Waals surface area contributed by atoms with Gasteiger partial charge < -0.3 is 14.7 Å². The predicted molar refractivity (Wildman–Crippen MR) is 117 cm³/mol. The van der Waals surface area contributed by atoms with Crippen LogP contribution >= 0.6 is 11.8 Å². The number of hydrogen-bond acceptors (Lipinski definition) is 5. The van der Waals surface area contributed by atoms with E-state index in [4.69, 9.17) is 5.26 Å².